The second-order valence-electron chi connectivity index (χ2n) is 3.39. The van der Waals surface area contributed by atoms with Crippen LogP contribution in [0.4, 0.5) is 13.0 Å². The summed E-state index contributed by atoms with van der Waals surface area (Å²) < 4.78 is 37.7. The van der Waals surface area contributed by atoms with E-state index in [-0.39, 0.29) is 74.0 Å². The van der Waals surface area contributed by atoms with Gasteiger partial charge in [-0.05, 0) is 25.6 Å². The maximum Gasteiger partial charge on any atom is 1.00 e. The number of hydrogen-bond acceptors (Lipinski definition) is 1. The fraction of sp³-hybridized carbons (Fsp3) is 0.333. The Morgan fingerprint density at radius 3 is 2.18 bits per heavy atom. The zero-order chi connectivity index (χ0) is 10.7. The molecule has 0 unspecified atom stereocenters. The average molecular weight is 296 g/mol. The first-order chi connectivity index (χ1) is 6.50. The molecule has 1 aromatic rings. The smallest absolute Gasteiger partial charge is 1.00 e. The Kier molecular flexibility index (Phi) is 14.6. The summed E-state index contributed by atoms with van der Waals surface area (Å²) in [7, 11) is 0.972. The molecule has 0 fully saturated rings. The van der Waals surface area contributed by atoms with E-state index in [1.165, 1.54) is 6.07 Å². The Morgan fingerprint density at radius 2 is 1.76 bits per heavy atom. The molecule has 0 aliphatic rings. The zero-order valence-corrected chi connectivity index (χ0v) is 13.8. The molecule has 0 amide bonds. The van der Waals surface area contributed by atoms with Crippen molar-refractivity contribution in [1.82, 2.24) is 4.90 Å². The van der Waals surface area contributed by atoms with Gasteiger partial charge in [-0.1, -0.05) is 12.1 Å². The Labute approximate surface area is 148 Å². The first kappa shape index (κ1) is 23.0. The molecule has 0 saturated heterocycles. The summed E-state index contributed by atoms with van der Waals surface area (Å²) >= 11 is 0. The number of hydrogen-bond donors (Lipinski definition) is 0. The van der Waals surface area contributed by atoms with Crippen molar-refractivity contribution in [2.24, 2.45) is 0 Å². The maximum atomic E-state index is 13.1. The molecule has 0 aromatic heterocycles. The van der Waals surface area contributed by atoms with E-state index in [1.807, 2.05) is 0 Å². The van der Waals surface area contributed by atoms with Gasteiger partial charge in [0.1, 0.15) is 5.82 Å². The first-order valence-corrected chi connectivity index (χ1v) is 4.22. The van der Waals surface area contributed by atoms with Crippen molar-refractivity contribution in [2.75, 3.05) is 14.1 Å². The van der Waals surface area contributed by atoms with Crippen LogP contribution in [0.2, 0.25) is 0 Å². The third kappa shape index (κ3) is 7.82. The van der Waals surface area contributed by atoms with Crippen molar-refractivity contribution in [2.45, 2.75) is 6.54 Å². The van der Waals surface area contributed by atoms with Crippen LogP contribution >= 0.6 is 12.4 Å². The van der Waals surface area contributed by atoms with Crippen molar-refractivity contribution in [3.8, 4) is 0 Å². The molecule has 1 aromatic carbocycles. The second-order valence-corrected chi connectivity index (χ2v) is 3.39. The summed E-state index contributed by atoms with van der Waals surface area (Å²) in [6, 6.07) is 3.40. The quantitative estimate of drug-likeness (QED) is 0.405. The van der Waals surface area contributed by atoms with Gasteiger partial charge in [0.25, 0.3) is 0 Å². The predicted molar refractivity (Wildman–Crippen MR) is 58.6 cm³/mol. The molecule has 0 aliphatic heterocycles. The van der Waals surface area contributed by atoms with E-state index in [4.69, 9.17) is 0 Å². The van der Waals surface area contributed by atoms with Crippen LogP contribution in [0.5, 0.6) is 0 Å². The molecular formula is C9H12BClF4KN. The molecule has 1 rings (SSSR count). The van der Waals surface area contributed by atoms with Gasteiger partial charge in [-0.2, -0.15) is 0 Å². The van der Waals surface area contributed by atoms with Crippen LogP contribution in [-0.2, 0) is 6.54 Å². The van der Waals surface area contributed by atoms with Crippen LogP contribution in [0.3, 0.4) is 0 Å². The van der Waals surface area contributed by atoms with Gasteiger partial charge < -0.3 is 9.60 Å². The van der Waals surface area contributed by atoms with Gasteiger partial charge >= 0.3 is 58.7 Å². The Hall–Kier alpha value is 0.891. The topological polar surface area (TPSA) is 3.24 Å². The Balaban J connectivity index is -0.000000653. The van der Waals surface area contributed by atoms with Crippen LogP contribution in [0.15, 0.2) is 18.2 Å². The van der Waals surface area contributed by atoms with Gasteiger partial charge in [0.15, 0.2) is 0 Å². The third-order valence-corrected chi connectivity index (χ3v) is 1.81. The molecule has 0 atom stereocenters. The molecule has 8 heteroatoms. The molecule has 17 heavy (non-hydrogen) atoms. The van der Waals surface area contributed by atoms with Gasteiger partial charge in [-0.25, -0.2) is 4.39 Å². The van der Waals surface area contributed by atoms with E-state index in [2.05, 4.69) is 0 Å². The third-order valence-electron chi connectivity index (χ3n) is 1.81. The molecule has 0 bridgehead atoms. The van der Waals surface area contributed by atoms with Crippen LogP contribution in [0, 0.1) is 5.82 Å². The van der Waals surface area contributed by atoms with Gasteiger partial charge in [0, 0.05) is 12.1 Å². The molecular weight excluding hydrogens is 283 g/mol. The van der Waals surface area contributed by atoms with E-state index in [1.54, 1.807) is 19.0 Å². The van der Waals surface area contributed by atoms with Crippen LogP contribution in [0.25, 0.3) is 0 Å². The minimum Gasteiger partial charge on any atom is -1.00 e. The standard InChI is InChI=1S/C9H11BF3N.ClH.FH.K/c1-14(2)6-7-5-8(10(12)13)3-4-9(7)11;;;/h3-5H,6H2,1-2H3;2*1H;/q;;;+1/p-1. The normalized spacial score (nSPS) is 8.82. The zero-order valence-electron chi connectivity index (χ0n) is 9.88. The first-order valence-electron chi connectivity index (χ1n) is 4.22. The van der Waals surface area contributed by atoms with Crippen molar-refractivity contribution >= 4 is 25.1 Å². The van der Waals surface area contributed by atoms with Gasteiger partial charge in [0.2, 0.25) is 0 Å². The van der Waals surface area contributed by atoms with Crippen LogP contribution in [-0.4, -0.2) is 26.3 Å². The summed E-state index contributed by atoms with van der Waals surface area (Å²) in [6.07, 6.45) is 0. The van der Waals surface area contributed by atoms with Gasteiger partial charge in [-0.15, -0.1) is 12.4 Å². The van der Waals surface area contributed by atoms with Crippen LogP contribution in [0.1, 0.15) is 5.56 Å². The molecule has 0 radical (unpaired) electrons. The molecule has 0 heterocycles. The molecule has 0 N–H and O–H groups in total. The number of halogens is 5. The fourth-order valence-corrected chi connectivity index (χ4v) is 1.19. The Bertz CT molecular complexity index is 328. The average Bonchev–Trinajstić information content (AvgIpc) is 2.07. The van der Waals surface area contributed by atoms with E-state index in [0.717, 1.165) is 12.1 Å². The Morgan fingerprint density at radius 1 is 1.24 bits per heavy atom. The number of benzene rings is 1. The fourth-order valence-electron chi connectivity index (χ4n) is 1.19. The van der Waals surface area contributed by atoms with Crippen LogP contribution < -0.4 is 61.6 Å². The van der Waals surface area contributed by atoms with Crippen molar-refractivity contribution in [3.63, 3.8) is 0 Å². The molecule has 0 aliphatic carbocycles. The second kappa shape index (κ2) is 10.8. The summed E-state index contributed by atoms with van der Waals surface area (Å²) in [4.78, 5) is 1.73. The van der Waals surface area contributed by atoms with Crippen molar-refractivity contribution in [1.29, 1.82) is 0 Å². The summed E-state index contributed by atoms with van der Waals surface area (Å²) in [5.74, 6) is -0.442. The summed E-state index contributed by atoms with van der Waals surface area (Å²) in [6.45, 7) is 0.326. The molecule has 1 nitrogen and oxygen atoms in total. The summed E-state index contributed by atoms with van der Waals surface area (Å²) in [5.41, 5.74) is 0.163. The monoisotopic (exact) mass is 295 g/mol. The van der Waals surface area contributed by atoms with E-state index in [9.17, 15) is 13.0 Å². The number of rotatable bonds is 3. The molecule has 92 valence electrons. The predicted octanol–water partition coefficient (Wildman–Crippen LogP) is -4.05. The van der Waals surface area contributed by atoms with Crippen molar-refractivity contribution < 1.29 is 69.1 Å². The van der Waals surface area contributed by atoms with Gasteiger partial charge in [-0.3, -0.25) is 8.63 Å². The largest absolute Gasteiger partial charge is 1.00 e. The SMILES string of the molecule is CN(C)Cc1cc(B(F)F)ccc1F.Cl.[F-].[K+]. The van der Waals surface area contributed by atoms with E-state index >= 15 is 0 Å². The van der Waals surface area contributed by atoms with E-state index < -0.39 is 13.1 Å². The number of nitrogens with zero attached hydrogens (tertiary/aromatic N) is 1. The van der Waals surface area contributed by atoms with Crippen molar-refractivity contribution in [3.05, 3.63) is 29.6 Å². The minimum atomic E-state index is -2.54. The van der Waals surface area contributed by atoms with E-state index in [0.29, 0.717) is 12.1 Å². The summed E-state index contributed by atoms with van der Waals surface area (Å²) in [5, 5.41) is 0. The molecule has 0 saturated carbocycles. The van der Waals surface area contributed by atoms with Gasteiger partial charge in [0.05, 0.1) is 0 Å². The molecule has 0 spiro atoms. The minimum absolute atomic E-state index is 0. The maximum absolute atomic E-state index is 13.1.